The van der Waals surface area contributed by atoms with Gasteiger partial charge in [0.05, 0.1) is 0 Å². The fraction of sp³-hybridized carbons (Fsp3) is 0.0909. The summed E-state index contributed by atoms with van der Waals surface area (Å²) in [5.74, 6) is -1.94. The number of aliphatic carboxylic acids is 2. The van der Waals surface area contributed by atoms with Crippen molar-refractivity contribution in [2.45, 2.75) is 6.42 Å². The Bertz CT molecular complexity index is 241. The van der Waals surface area contributed by atoms with E-state index in [1.54, 1.807) is 0 Å². The molecule has 0 bridgehead atoms. The maximum atomic E-state index is 9.94. The molecule has 0 spiro atoms. The standard InChI is InChI=1S/C6H8O2.C3H4O2.C2H4/c1-3-4-5(2)6(7)8;1-2-3(4)5;1-2/h3H,1-2,4H2,(H,7,8);2H,1H2,(H,4,5);1-2H2. The van der Waals surface area contributed by atoms with E-state index in [2.05, 4.69) is 32.9 Å². The molecule has 0 saturated heterocycles. The lowest BCUT2D eigenvalue weighted by molar-refractivity contribution is -0.133. The first-order chi connectivity index (χ1) is 6.95. The van der Waals surface area contributed by atoms with E-state index in [4.69, 9.17) is 10.2 Å². The van der Waals surface area contributed by atoms with Gasteiger partial charge < -0.3 is 10.2 Å². The molecule has 0 aromatic carbocycles. The zero-order chi connectivity index (χ0) is 12.9. The lowest BCUT2D eigenvalue weighted by Crippen LogP contribution is -1.96. The Hall–Kier alpha value is -2.10. The summed E-state index contributed by atoms with van der Waals surface area (Å²) >= 11 is 0. The molecule has 15 heavy (non-hydrogen) atoms. The van der Waals surface area contributed by atoms with Gasteiger partial charge in [0.2, 0.25) is 0 Å². The summed E-state index contributed by atoms with van der Waals surface area (Å²) < 4.78 is 0. The van der Waals surface area contributed by atoms with Gasteiger partial charge in [0.15, 0.2) is 0 Å². The van der Waals surface area contributed by atoms with Crippen molar-refractivity contribution >= 4 is 11.9 Å². The predicted molar refractivity (Wildman–Crippen MR) is 60.7 cm³/mol. The molecule has 0 fully saturated rings. The van der Waals surface area contributed by atoms with Crippen molar-refractivity contribution in [2.24, 2.45) is 0 Å². The second kappa shape index (κ2) is 14.4. The van der Waals surface area contributed by atoms with Crippen LogP contribution in [0.4, 0.5) is 0 Å². The first kappa shape index (κ1) is 18.6. The maximum absolute atomic E-state index is 9.94. The molecule has 0 atom stereocenters. The summed E-state index contributed by atoms with van der Waals surface area (Å²) in [7, 11) is 0. The number of hydrogen-bond donors (Lipinski definition) is 2. The summed E-state index contributed by atoms with van der Waals surface area (Å²) in [5, 5.41) is 15.8. The molecule has 0 aromatic heterocycles. The van der Waals surface area contributed by atoms with E-state index in [1.807, 2.05) is 0 Å². The average Bonchev–Trinajstić information content (AvgIpc) is 2.22. The molecule has 0 unspecified atom stereocenters. The van der Waals surface area contributed by atoms with Crippen molar-refractivity contribution in [3.63, 3.8) is 0 Å². The van der Waals surface area contributed by atoms with Crippen molar-refractivity contribution in [3.05, 3.63) is 50.6 Å². The molecule has 4 heteroatoms. The van der Waals surface area contributed by atoms with Gasteiger partial charge >= 0.3 is 11.9 Å². The van der Waals surface area contributed by atoms with Gasteiger partial charge in [-0.05, 0) is 6.42 Å². The monoisotopic (exact) mass is 212 g/mol. The van der Waals surface area contributed by atoms with Crippen molar-refractivity contribution in [2.75, 3.05) is 0 Å². The zero-order valence-corrected chi connectivity index (χ0v) is 8.61. The quantitative estimate of drug-likeness (QED) is 0.553. The van der Waals surface area contributed by atoms with Crippen LogP contribution >= 0.6 is 0 Å². The van der Waals surface area contributed by atoms with Crippen molar-refractivity contribution in [1.29, 1.82) is 0 Å². The first-order valence-electron chi connectivity index (χ1n) is 3.83. The van der Waals surface area contributed by atoms with Crippen LogP contribution in [-0.4, -0.2) is 22.2 Å². The van der Waals surface area contributed by atoms with Crippen LogP contribution in [0.15, 0.2) is 50.6 Å². The summed E-state index contributed by atoms with van der Waals surface area (Å²) in [6.45, 7) is 15.6. The van der Waals surface area contributed by atoms with E-state index in [0.717, 1.165) is 6.08 Å². The number of carboxylic acids is 2. The van der Waals surface area contributed by atoms with Crippen molar-refractivity contribution in [1.82, 2.24) is 0 Å². The van der Waals surface area contributed by atoms with Crippen molar-refractivity contribution < 1.29 is 19.8 Å². The van der Waals surface area contributed by atoms with Gasteiger partial charge in [0.25, 0.3) is 0 Å². The topological polar surface area (TPSA) is 74.6 Å². The van der Waals surface area contributed by atoms with Gasteiger partial charge in [-0.1, -0.05) is 19.2 Å². The van der Waals surface area contributed by atoms with Gasteiger partial charge in [-0.15, -0.1) is 19.7 Å². The van der Waals surface area contributed by atoms with Gasteiger partial charge in [-0.25, -0.2) is 9.59 Å². The number of rotatable bonds is 4. The van der Waals surface area contributed by atoms with Crippen LogP contribution in [0.5, 0.6) is 0 Å². The fourth-order valence-electron chi connectivity index (χ4n) is 0.262. The van der Waals surface area contributed by atoms with Crippen LogP contribution < -0.4 is 0 Å². The lowest BCUT2D eigenvalue weighted by Gasteiger charge is -1.89. The van der Waals surface area contributed by atoms with Gasteiger partial charge in [-0.3, -0.25) is 0 Å². The molecule has 4 nitrogen and oxygen atoms in total. The van der Waals surface area contributed by atoms with E-state index in [1.165, 1.54) is 6.08 Å². The highest BCUT2D eigenvalue weighted by molar-refractivity contribution is 5.85. The van der Waals surface area contributed by atoms with E-state index in [-0.39, 0.29) is 5.57 Å². The number of hydrogen-bond acceptors (Lipinski definition) is 2. The van der Waals surface area contributed by atoms with Crippen LogP contribution in [0.2, 0.25) is 0 Å². The van der Waals surface area contributed by atoms with E-state index < -0.39 is 11.9 Å². The van der Waals surface area contributed by atoms with Crippen LogP contribution in [0.25, 0.3) is 0 Å². The highest BCUT2D eigenvalue weighted by atomic mass is 16.4. The van der Waals surface area contributed by atoms with Crippen molar-refractivity contribution in [3.8, 4) is 0 Å². The molecular weight excluding hydrogens is 196 g/mol. The Kier molecular flexibility index (Phi) is 17.9. The van der Waals surface area contributed by atoms with E-state index in [9.17, 15) is 9.59 Å². The molecule has 84 valence electrons. The molecule has 0 radical (unpaired) electrons. The van der Waals surface area contributed by atoms with E-state index >= 15 is 0 Å². The Balaban J connectivity index is -0.000000177. The summed E-state index contributed by atoms with van der Waals surface area (Å²) in [5.41, 5.74) is 0.181. The highest BCUT2D eigenvalue weighted by Crippen LogP contribution is 1.95. The summed E-state index contributed by atoms with van der Waals surface area (Å²) in [4.78, 5) is 19.2. The molecule has 0 amide bonds. The minimum absolute atomic E-state index is 0.181. The smallest absolute Gasteiger partial charge is 0.331 e. The van der Waals surface area contributed by atoms with E-state index in [0.29, 0.717) is 6.42 Å². The van der Waals surface area contributed by atoms with Crippen LogP contribution in [0, 0.1) is 0 Å². The van der Waals surface area contributed by atoms with Crippen LogP contribution in [-0.2, 0) is 9.59 Å². The fourth-order valence-corrected chi connectivity index (χ4v) is 0.262. The number of allylic oxidation sites excluding steroid dienone is 1. The number of carboxylic acid groups (broad SMARTS) is 2. The van der Waals surface area contributed by atoms with Crippen LogP contribution in [0.3, 0.4) is 0 Å². The van der Waals surface area contributed by atoms with Gasteiger partial charge in [0.1, 0.15) is 0 Å². The largest absolute Gasteiger partial charge is 0.478 e. The Morgan fingerprint density at radius 1 is 1.13 bits per heavy atom. The third-order valence-corrected chi connectivity index (χ3v) is 0.868. The second-order valence-electron chi connectivity index (χ2n) is 1.94. The summed E-state index contributed by atoms with van der Waals surface area (Å²) in [6.07, 6.45) is 2.70. The SMILES string of the molecule is C=C.C=CC(=O)O.C=CCC(=C)C(=O)O. The molecule has 0 aliphatic rings. The molecule has 0 saturated carbocycles. The molecule has 2 N–H and O–H groups in total. The predicted octanol–water partition coefficient (Wildman–Crippen LogP) is 2.26. The molecule has 0 aliphatic heterocycles. The molecule has 0 aromatic rings. The highest BCUT2D eigenvalue weighted by Gasteiger charge is 1.97. The molecule has 0 heterocycles. The first-order valence-corrected chi connectivity index (χ1v) is 3.83. The van der Waals surface area contributed by atoms with Gasteiger partial charge in [0, 0.05) is 11.6 Å². The van der Waals surface area contributed by atoms with Gasteiger partial charge in [-0.2, -0.15) is 0 Å². The second-order valence-corrected chi connectivity index (χ2v) is 1.94. The minimum atomic E-state index is -0.981. The minimum Gasteiger partial charge on any atom is -0.478 e. The molecular formula is C11H16O4. The third kappa shape index (κ3) is 24.5. The summed E-state index contributed by atoms with van der Waals surface area (Å²) in [6, 6.07) is 0. The molecule has 0 aliphatic carbocycles. The lowest BCUT2D eigenvalue weighted by atomic mass is 10.2. The Morgan fingerprint density at radius 3 is 1.53 bits per heavy atom. The normalized spacial score (nSPS) is 6.67. The Labute approximate surface area is 89.6 Å². The third-order valence-electron chi connectivity index (χ3n) is 0.868. The van der Waals surface area contributed by atoms with Crippen LogP contribution in [0.1, 0.15) is 6.42 Å². The maximum Gasteiger partial charge on any atom is 0.331 e. The zero-order valence-electron chi connectivity index (χ0n) is 8.61. The average molecular weight is 212 g/mol. The number of carbonyl (C=O) groups is 2. The Morgan fingerprint density at radius 2 is 1.47 bits per heavy atom. The molecule has 0 rings (SSSR count).